The lowest BCUT2D eigenvalue weighted by atomic mass is 10.1. The van der Waals surface area contributed by atoms with Gasteiger partial charge in [-0.15, -0.1) is 0 Å². The highest BCUT2D eigenvalue weighted by Gasteiger charge is 2.32. The molecule has 1 heterocycles. The van der Waals surface area contributed by atoms with Crippen molar-refractivity contribution in [2.24, 2.45) is 0 Å². The Morgan fingerprint density at radius 3 is 2.89 bits per heavy atom. The minimum atomic E-state index is -0.433. The van der Waals surface area contributed by atoms with Gasteiger partial charge in [0, 0.05) is 11.6 Å². The van der Waals surface area contributed by atoms with E-state index in [1.165, 1.54) is 6.07 Å². The van der Waals surface area contributed by atoms with Gasteiger partial charge in [-0.1, -0.05) is 25.1 Å². The molecule has 1 aromatic rings. The standard InChI is InChI=1S/C12H14N2O4/c1-2-10-8-18-12(15)13(10)7-9-5-3-4-6-11(9)14(16)17/h3-6,10H,2,7-8H2,1H3. The Balaban J connectivity index is 2.23. The van der Waals surface area contributed by atoms with Crippen LogP contribution in [0.2, 0.25) is 0 Å². The number of benzene rings is 1. The summed E-state index contributed by atoms with van der Waals surface area (Å²) in [4.78, 5) is 23.6. The topological polar surface area (TPSA) is 72.7 Å². The zero-order valence-corrected chi connectivity index (χ0v) is 10.0. The maximum absolute atomic E-state index is 11.6. The Labute approximate surface area is 104 Å². The molecule has 1 fully saturated rings. The van der Waals surface area contributed by atoms with Crippen molar-refractivity contribution in [2.45, 2.75) is 25.9 Å². The molecule has 0 spiro atoms. The lowest BCUT2D eigenvalue weighted by molar-refractivity contribution is -0.385. The number of carbonyl (C=O) groups excluding carboxylic acids is 1. The quantitative estimate of drug-likeness (QED) is 0.607. The normalized spacial score (nSPS) is 18.8. The van der Waals surface area contributed by atoms with Gasteiger partial charge in [-0.25, -0.2) is 4.79 Å². The Morgan fingerprint density at radius 2 is 2.22 bits per heavy atom. The average Bonchev–Trinajstić information content (AvgIpc) is 2.71. The van der Waals surface area contributed by atoms with Gasteiger partial charge in [0.2, 0.25) is 0 Å². The second kappa shape index (κ2) is 5.03. The monoisotopic (exact) mass is 250 g/mol. The van der Waals surface area contributed by atoms with E-state index in [2.05, 4.69) is 0 Å². The fourth-order valence-electron chi connectivity index (χ4n) is 2.03. The van der Waals surface area contributed by atoms with Gasteiger partial charge in [0.1, 0.15) is 6.61 Å². The molecule has 96 valence electrons. The van der Waals surface area contributed by atoms with Gasteiger partial charge in [0.05, 0.1) is 17.5 Å². The van der Waals surface area contributed by atoms with Crippen molar-refractivity contribution in [2.75, 3.05) is 6.61 Å². The first kappa shape index (κ1) is 12.3. The Morgan fingerprint density at radius 1 is 1.50 bits per heavy atom. The van der Waals surface area contributed by atoms with Crippen LogP contribution < -0.4 is 0 Å². The van der Waals surface area contributed by atoms with Crippen LogP contribution >= 0.6 is 0 Å². The van der Waals surface area contributed by atoms with Gasteiger partial charge in [0.25, 0.3) is 5.69 Å². The number of hydrogen-bond donors (Lipinski definition) is 0. The Bertz CT molecular complexity index is 475. The molecule has 0 radical (unpaired) electrons. The number of cyclic esters (lactones) is 1. The van der Waals surface area contributed by atoms with Crippen LogP contribution in [-0.2, 0) is 11.3 Å². The molecule has 6 nitrogen and oxygen atoms in total. The van der Waals surface area contributed by atoms with E-state index in [0.717, 1.165) is 6.42 Å². The number of rotatable bonds is 4. The Kier molecular flexibility index (Phi) is 3.45. The van der Waals surface area contributed by atoms with Crippen molar-refractivity contribution in [3.8, 4) is 0 Å². The molecule has 1 aromatic carbocycles. The molecule has 0 bridgehead atoms. The van der Waals surface area contributed by atoms with Crippen LogP contribution in [0.4, 0.5) is 10.5 Å². The molecule has 6 heteroatoms. The molecule has 0 saturated carbocycles. The van der Waals surface area contributed by atoms with Crippen molar-refractivity contribution in [1.82, 2.24) is 4.90 Å². The molecule has 1 amide bonds. The molecule has 18 heavy (non-hydrogen) atoms. The van der Waals surface area contributed by atoms with E-state index in [9.17, 15) is 14.9 Å². The average molecular weight is 250 g/mol. The van der Waals surface area contributed by atoms with E-state index < -0.39 is 11.0 Å². The minimum Gasteiger partial charge on any atom is -0.447 e. The van der Waals surface area contributed by atoms with Crippen LogP contribution in [0.3, 0.4) is 0 Å². The molecule has 1 saturated heterocycles. The van der Waals surface area contributed by atoms with Crippen molar-refractivity contribution in [3.63, 3.8) is 0 Å². The summed E-state index contributed by atoms with van der Waals surface area (Å²) in [6.45, 7) is 2.53. The lowest BCUT2D eigenvalue weighted by Gasteiger charge is -2.19. The number of para-hydroxylation sites is 1. The van der Waals surface area contributed by atoms with Crippen LogP contribution in [0.25, 0.3) is 0 Å². The molecule has 1 unspecified atom stereocenters. The van der Waals surface area contributed by atoms with Crippen LogP contribution in [-0.4, -0.2) is 28.6 Å². The second-order valence-corrected chi connectivity index (χ2v) is 4.15. The summed E-state index contributed by atoms with van der Waals surface area (Å²) in [5, 5.41) is 10.9. The summed E-state index contributed by atoms with van der Waals surface area (Å²) in [5.74, 6) is 0. The SMILES string of the molecule is CCC1COC(=O)N1Cc1ccccc1[N+](=O)[O-]. The number of nitro benzene ring substituents is 1. The number of nitrogens with zero attached hydrogens (tertiary/aromatic N) is 2. The summed E-state index contributed by atoms with van der Waals surface area (Å²) >= 11 is 0. The fourth-order valence-corrected chi connectivity index (χ4v) is 2.03. The minimum absolute atomic E-state index is 0.00249. The van der Waals surface area contributed by atoms with E-state index >= 15 is 0 Å². The van der Waals surface area contributed by atoms with Gasteiger partial charge in [0.15, 0.2) is 0 Å². The van der Waals surface area contributed by atoms with Gasteiger partial charge in [-0.3, -0.25) is 15.0 Å². The maximum atomic E-state index is 11.6. The fraction of sp³-hybridized carbons (Fsp3) is 0.417. The van der Waals surface area contributed by atoms with Crippen LogP contribution in [0, 0.1) is 10.1 Å². The van der Waals surface area contributed by atoms with Gasteiger partial charge in [-0.2, -0.15) is 0 Å². The highest BCUT2D eigenvalue weighted by Crippen LogP contribution is 2.24. The molecule has 0 N–H and O–H groups in total. The second-order valence-electron chi connectivity index (χ2n) is 4.15. The molecule has 1 aliphatic heterocycles. The predicted molar refractivity (Wildman–Crippen MR) is 64.1 cm³/mol. The molecule has 1 atom stereocenters. The third-order valence-electron chi connectivity index (χ3n) is 3.07. The van der Waals surface area contributed by atoms with Crippen molar-refractivity contribution in [3.05, 3.63) is 39.9 Å². The molecular formula is C12H14N2O4. The summed E-state index contributed by atoms with van der Waals surface area (Å²) < 4.78 is 4.96. The van der Waals surface area contributed by atoms with Gasteiger partial charge < -0.3 is 4.74 Å². The first-order chi connectivity index (χ1) is 8.63. The van der Waals surface area contributed by atoms with E-state index in [0.29, 0.717) is 12.2 Å². The summed E-state index contributed by atoms with van der Waals surface area (Å²) in [6, 6.07) is 6.44. The number of ether oxygens (including phenoxy) is 1. The largest absolute Gasteiger partial charge is 0.447 e. The van der Waals surface area contributed by atoms with Crippen molar-refractivity contribution < 1.29 is 14.5 Å². The highest BCUT2D eigenvalue weighted by molar-refractivity contribution is 5.70. The zero-order chi connectivity index (χ0) is 13.1. The number of nitro groups is 1. The number of hydrogen-bond acceptors (Lipinski definition) is 4. The number of amides is 1. The van der Waals surface area contributed by atoms with Crippen molar-refractivity contribution >= 4 is 11.8 Å². The Hall–Kier alpha value is -2.11. The van der Waals surface area contributed by atoms with E-state index in [-0.39, 0.29) is 18.3 Å². The molecule has 2 rings (SSSR count). The van der Waals surface area contributed by atoms with E-state index in [1.54, 1.807) is 23.1 Å². The predicted octanol–water partition coefficient (Wildman–Crippen LogP) is 2.33. The third-order valence-corrected chi connectivity index (χ3v) is 3.07. The highest BCUT2D eigenvalue weighted by atomic mass is 16.6. The third kappa shape index (κ3) is 2.27. The molecule has 0 aromatic heterocycles. The summed E-state index contributed by atoms with van der Waals surface area (Å²) in [7, 11) is 0. The maximum Gasteiger partial charge on any atom is 0.410 e. The lowest BCUT2D eigenvalue weighted by Crippen LogP contribution is -2.32. The van der Waals surface area contributed by atoms with Crippen LogP contribution in [0.15, 0.2) is 24.3 Å². The summed E-state index contributed by atoms with van der Waals surface area (Å²) in [6.07, 6.45) is 0.367. The molecule has 0 aliphatic carbocycles. The van der Waals surface area contributed by atoms with Crippen LogP contribution in [0.5, 0.6) is 0 Å². The van der Waals surface area contributed by atoms with Gasteiger partial charge >= 0.3 is 6.09 Å². The van der Waals surface area contributed by atoms with E-state index in [4.69, 9.17) is 4.74 Å². The van der Waals surface area contributed by atoms with Crippen LogP contribution in [0.1, 0.15) is 18.9 Å². The zero-order valence-electron chi connectivity index (χ0n) is 10.0. The molecular weight excluding hydrogens is 236 g/mol. The van der Waals surface area contributed by atoms with Crippen molar-refractivity contribution in [1.29, 1.82) is 0 Å². The molecule has 1 aliphatic rings. The first-order valence-corrected chi connectivity index (χ1v) is 5.79. The summed E-state index contributed by atoms with van der Waals surface area (Å²) in [5.41, 5.74) is 0.562. The van der Waals surface area contributed by atoms with Gasteiger partial charge in [-0.05, 0) is 6.42 Å². The van der Waals surface area contributed by atoms with E-state index in [1.807, 2.05) is 6.92 Å². The smallest absolute Gasteiger partial charge is 0.410 e. The number of carbonyl (C=O) groups is 1. The first-order valence-electron chi connectivity index (χ1n) is 5.79.